The molecule has 0 aliphatic rings. The molecule has 0 atom stereocenters. The third-order valence-electron chi connectivity index (χ3n) is 4.49. The van der Waals surface area contributed by atoms with Crippen LogP contribution in [0.2, 0.25) is 5.15 Å². The summed E-state index contributed by atoms with van der Waals surface area (Å²) in [6, 6.07) is 8.10. The summed E-state index contributed by atoms with van der Waals surface area (Å²) >= 11 is 6.20. The fourth-order valence-corrected chi connectivity index (χ4v) is 3.34. The number of rotatable bonds is 3. The molecular weight excluding hydrogens is 393 g/mol. The number of nitrogens with zero attached hydrogens (tertiary/aromatic N) is 7. The summed E-state index contributed by atoms with van der Waals surface area (Å²) in [6.07, 6.45) is 8.57. The van der Waals surface area contributed by atoms with Crippen LogP contribution in [0.4, 0.5) is 4.39 Å². The summed E-state index contributed by atoms with van der Waals surface area (Å²) in [5.41, 5.74) is 3.89. The predicted octanol–water partition coefficient (Wildman–Crippen LogP) is 4.07. The Hall–Kier alpha value is -3.65. The first-order chi connectivity index (χ1) is 14.1. The monoisotopic (exact) mass is 405 g/mol. The first kappa shape index (κ1) is 17.4. The quantitative estimate of drug-likeness (QED) is 0.423. The second kappa shape index (κ2) is 6.75. The van der Waals surface area contributed by atoms with Gasteiger partial charge in [-0.15, -0.1) is 0 Å². The second-order valence-electron chi connectivity index (χ2n) is 6.45. The SMILES string of the molecule is Cn1cc(-c2cnc3c(c2)ncn3-c2cc(-c3ncccc3F)cc(Cl)n2)cn1. The van der Waals surface area contributed by atoms with Crippen molar-refractivity contribution < 1.29 is 4.39 Å². The van der Waals surface area contributed by atoms with E-state index in [4.69, 9.17) is 11.6 Å². The Morgan fingerprint density at radius 2 is 1.90 bits per heavy atom. The lowest BCUT2D eigenvalue weighted by molar-refractivity contribution is 0.625. The minimum Gasteiger partial charge on any atom is -0.275 e. The minimum atomic E-state index is -0.435. The number of imidazole rings is 1. The molecule has 9 heteroatoms. The molecule has 7 nitrogen and oxygen atoms in total. The lowest BCUT2D eigenvalue weighted by atomic mass is 10.1. The van der Waals surface area contributed by atoms with Crippen LogP contribution >= 0.6 is 11.6 Å². The fraction of sp³-hybridized carbons (Fsp3) is 0.0500. The van der Waals surface area contributed by atoms with E-state index >= 15 is 0 Å². The fourth-order valence-electron chi connectivity index (χ4n) is 3.14. The minimum absolute atomic E-state index is 0.203. The van der Waals surface area contributed by atoms with E-state index in [0.717, 1.165) is 11.1 Å². The van der Waals surface area contributed by atoms with Crippen LogP contribution in [0.15, 0.2) is 61.4 Å². The average molecular weight is 406 g/mol. The normalized spacial score (nSPS) is 11.3. The third-order valence-corrected chi connectivity index (χ3v) is 4.68. The lowest BCUT2D eigenvalue weighted by Crippen LogP contribution is -1.99. The molecule has 0 fully saturated rings. The van der Waals surface area contributed by atoms with E-state index in [1.807, 2.05) is 19.3 Å². The predicted molar refractivity (Wildman–Crippen MR) is 107 cm³/mol. The van der Waals surface area contributed by atoms with Gasteiger partial charge in [0, 0.05) is 42.3 Å². The van der Waals surface area contributed by atoms with Crippen molar-refractivity contribution in [1.29, 1.82) is 0 Å². The van der Waals surface area contributed by atoms with E-state index in [-0.39, 0.29) is 10.8 Å². The molecule has 0 spiro atoms. The standard InChI is InChI=1S/C20H13ClFN7/c1-28-10-14(9-26-28)13-5-16-20(24-8-13)29(11-25-16)18-7-12(6-17(21)27-18)19-15(22)3-2-4-23-19/h2-11H,1H3. The topological polar surface area (TPSA) is 74.3 Å². The summed E-state index contributed by atoms with van der Waals surface area (Å²) in [7, 11) is 1.86. The van der Waals surface area contributed by atoms with E-state index in [9.17, 15) is 4.39 Å². The van der Waals surface area contributed by atoms with Crippen molar-refractivity contribution in [2.45, 2.75) is 0 Å². The number of pyridine rings is 3. The van der Waals surface area contributed by atoms with Crippen LogP contribution < -0.4 is 0 Å². The zero-order valence-corrected chi connectivity index (χ0v) is 15.9. The molecular formula is C20H13ClFN7. The van der Waals surface area contributed by atoms with Gasteiger partial charge in [-0.3, -0.25) is 14.2 Å². The number of aromatic nitrogens is 7. The molecule has 0 saturated carbocycles. The molecule has 5 heterocycles. The Kier molecular flexibility index (Phi) is 4.06. The van der Waals surface area contributed by atoms with Crippen molar-refractivity contribution in [2.75, 3.05) is 0 Å². The van der Waals surface area contributed by atoms with Crippen molar-refractivity contribution in [3.05, 3.63) is 72.4 Å². The van der Waals surface area contributed by atoms with Crippen LogP contribution in [-0.4, -0.2) is 34.3 Å². The number of hydrogen-bond acceptors (Lipinski definition) is 5. The largest absolute Gasteiger partial charge is 0.275 e. The van der Waals surface area contributed by atoms with E-state index in [1.54, 1.807) is 40.1 Å². The summed E-state index contributed by atoms with van der Waals surface area (Å²) in [5.74, 6) is 0.0390. The van der Waals surface area contributed by atoms with Crippen molar-refractivity contribution >= 4 is 22.8 Å². The van der Waals surface area contributed by atoms with E-state index in [1.165, 1.54) is 18.3 Å². The number of hydrogen-bond donors (Lipinski definition) is 0. The molecule has 0 saturated heterocycles. The van der Waals surface area contributed by atoms with Crippen LogP contribution in [0.5, 0.6) is 0 Å². The second-order valence-corrected chi connectivity index (χ2v) is 6.84. The van der Waals surface area contributed by atoms with Gasteiger partial charge >= 0.3 is 0 Å². The molecule has 0 bridgehead atoms. The zero-order valence-electron chi connectivity index (χ0n) is 15.2. The van der Waals surface area contributed by atoms with Gasteiger partial charge < -0.3 is 0 Å². The molecule has 0 radical (unpaired) electrons. The Bertz CT molecular complexity index is 1360. The smallest absolute Gasteiger partial charge is 0.165 e. The molecule has 5 aromatic rings. The molecule has 0 aromatic carbocycles. The molecule has 5 aromatic heterocycles. The van der Waals surface area contributed by atoms with Crippen LogP contribution in [0.1, 0.15) is 0 Å². The number of fused-ring (bicyclic) bond motifs is 1. The van der Waals surface area contributed by atoms with Gasteiger partial charge in [-0.1, -0.05) is 11.6 Å². The molecule has 5 rings (SSSR count). The van der Waals surface area contributed by atoms with Crippen LogP contribution in [0.3, 0.4) is 0 Å². The highest BCUT2D eigenvalue weighted by molar-refractivity contribution is 6.29. The molecule has 0 aliphatic heterocycles. The number of aryl methyl sites for hydroxylation is 1. The van der Waals surface area contributed by atoms with Gasteiger partial charge in [0.1, 0.15) is 34.3 Å². The highest BCUT2D eigenvalue weighted by Gasteiger charge is 2.14. The van der Waals surface area contributed by atoms with E-state index in [0.29, 0.717) is 22.5 Å². The summed E-state index contributed by atoms with van der Waals surface area (Å²) < 4.78 is 17.6. The zero-order chi connectivity index (χ0) is 20.0. The van der Waals surface area contributed by atoms with E-state index in [2.05, 4.69) is 25.0 Å². The highest BCUT2D eigenvalue weighted by atomic mass is 35.5. The Balaban J connectivity index is 1.62. The van der Waals surface area contributed by atoms with Gasteiger partial charge in [0.2, 0.25) is 0 Å². The van der Waals surface area contributed by atoms with Crippen molar-refractivity contribution in [2.24, 2.45) is 7.05 Å². The lowest BCUT2D eigenvalue weighted by Gasteiger charge is -2.08. The Morgan fingerprint density at radius 3 is 2.69 bits per heavy atom. The number of halogens is 2. The van der Waals surface area contributed by atoms with Crippen molar-refractivity contribution in [1.82, 2.24) is 34.3 Å². The highest BCUT2D eigenvalue weighted by Crippen LogP contribution is 2.27. The molecule has 0 N–H and O–H groups in total. The van der Waals surface area contributed by atoms with Crippen LogP contribution in [0, 0.1) is 5.82 Å². The van der Waals surface area contributed by atoms with Gasteiger partial charge in [0.05, 0.1) is 6.20 Å². The maximum absolute atomic E-state index is 14.2. The average Bonchev–Trinajstić information content (AvgIpc) is 3.33. The first-order valence-corrected chi connectivity index (χ1v) is 9.07. The molecule has 0 aliphatic carbocycles. The summed E-state index contributed by atoms with van der Waals surface area (Å²) in [6.45, 7) is 0. The van der Waals surface area contributed by atoms with Crippen molar-refractivity contribution in [3.63, 3.8) is 0 Å². The summed E-state index contributed by atoms with van der Waals surface area (Å²) in [5, 5.41) is 4.40. The Labute approximate surface area is 169 Å². The van der Waals surface area contributed by atoms with Gasteiger partial charge in [-0.25, -0.2) is 19.3 Å². The van der Waals surface area contributed by atoms with Gasteiger partial charge in [0.25, 0.3) is 0 Å². The maximum atomic E-state index is 14.2. The molecule has 0 unspecified atom stereocenters. The Morgan fingerprint density at radius 1 is 1.00 bits per heavy atom. The third kappa shape index (κ3) is 3.13. The summed E-state index contributed by atoms with van der Waals surface area (Å²) in [4.78, 5) is 17.4. The van der Waals surface area contributed by atoms with Crippen LogP contribution in [-0.2, 0) is 7.05 Å². The van der Waals surface area contributed by atoms with Crippen LogP contribution in [0.25, 0.3) is 39.4 Å². The molecule has 142 valence electrons. The van der Waals surface area contributed by atoms with Crippen molar-refractivity contribution in [3.8, 4) is 28.2 Å². The van der Waals surface area contributed by atoms with Gasteiger partial charge in [0.15, 0.2) is 5.65 Å². The molecule has 0 amide bonds. The van der Waals surface area contributed by atoms with E-state index < -0.39 is 5.82 Å². The van der Waals surface area contributed by atoms with Gasteiger partial charge in [-0.2, -0.15) is 5.10 Å². The molecule has 29 heavy (non-hydrogen) atoms. The maximum Gasteiger partial charge on any atom is 0.165 e. The first-order valence-electron chi connectivity index (χ1n) is 8.69. The van der Waals surface area contributed by atoms with Gasteiger partial charge in [-0.05, 0) is 30.3 Å².